The summed E-state index contributed by atoms with van der Waals surface area (Å²) in [7, 11) is 1.93. The lowest BCUT2D eigenvalue weighted by Gasteiger charge is -2.32. The van der Waals surface area contributed by atoms with E-state index in [-0.39, 0.29) is 11.9 Å². The number of hydrogen-bond donors (Lipinski definition) is 1. The zero-order valence-corrected chi connectivity index (χ0v) is 14.4. The molecule has 0 bridgehead atoms. The van der Waals surface area contributed by atoms with Gasteiger partial charge in [-0.15, -0.1) is 10.2 Å². The number of urea groups is 1. The second-order valence-electron chi connectivity index (χ2n) is 6.26. The molecule has 0 radical (unpaired) electrons. The van der Waals surface area contributed by atoms with Crippen LogP contribution in [0.4, 0.5) is 10.5 Å². The molecular formula is C16H19N9O. The maximum Gasteiger partial charge on any atom is 0.321 e. The molecule has 4 rings (SSSR count). The van der Waals surface area contributed by atoms with Gasteiger partial charge in [0.1, 0.15) is 24.8 Å². The summed E-state index contributed by atoms with van der Waals surface area (Å²) in [6.45, 7) is 1.35. The fourth-order valence-electron chi connectivity index (χ4n) is 3.16. The summed E-state index contributed by atoms with van der Waals surface area (Å²) in [4.78, 5) is 22.6. The Morgan fingerprint density at radius 1 is 1.31 bits per heavy atom. The zero-order chi connectivity index (χ0) is 17.9. The Morgan fingerprint density at radius 3 is 2.92 bits per heavy atom. The highest BCUT2D eigenvalue weighted by molar-refractivity contribution is 5.89. The highest BCUT2D eigenvalue weighted by Gasteiger charge is 2.27. The SMILES string of the molecule is Cn1cnnc1[C@H]1CCCN(C(=O)Nc2ccc(-n3cncn3)nc2)C1. The number of anilines is 1. The van der Waals surface area contributed by atoms with Gasteiger partial charge < -0.3 is 14.8 Å². The lowest BCUT2D eigenvalue weighted by atomic mass is 9.97. The van der Waals surface area contributed by atoms with E-state index in [2.05, 4.69) is 30.6 Å². The quantitative estimate of drug-likeness (QED) is 0.758. The van der Waals surface area contributed by atoms with Crippen LogP contribution in [-0.2, 0) is 7.05 Å². The molecule has 1 atom stereocenters. The number of aryl methyl sites for hydroxylation is 1. The van der Waals surface area contributed by atoms with Crippen LogP contribution in [0.15, 0.2) is 37.3 Å². The van der Waals surface area contributed by atoms with Gasteiger partial charge in [-0.05, 0) is 25.0 Å². The highest BCUT2D eigenvalue weighted by atomic mass is 16.2. The van der Waals surface area contributed by atoms with Gasteiger partial charge in [-0.2, -0.15) is 5.10 Å². The van der Waals surface area contributed by atoms with Crippen LogP contribution in [0.5, 0.6) is 0 Å². The predicted molar refractivity (Wildman–Crippen MR) is 92.7 cm³/mol. The van der Waals surface area contributed by atoms with Gasteiger partial charge in [0.05, 0.1) is 11.9 Å². The van der Waals surface area contributed by atoms with Crippen molar-refractivity contribution in [1.29, 1.82) is 0 Å². The number of hydrogen-bond acceptors (Lipinski definition) is 6. The lowest BCUT2D eigenvalue weighted by molar-refractivity contribution is 0.190. The second-order valence-corrected chi connectivity index (χ2v) is 6.26. The molecule has 134 valence electrons. The topological polar surface area (TPSA) is 107 Å². The minimum absolute atomic E-state index is 0.132. The Morgan fingerprint density at radius 2 is 2.23 bits per heavy atom. The number of rotatable bonds is 3. The average molecular weight is 353 g/mol. The minimum atomic E-state index is -0.132. The van der Waals surface area contributed by atoms with Crippen LogP contribution in [0, 0.1) is 0 Å². The predicted octanol–water partition coefficient (Wildman–Crippen LogP) is 1.20. The third kappa shape index (κ3) is 3.25. The first-order valence-corrected chi connectivity index (χ1v) is 8.41. The van der Waals surface area contributed by atoms with Crippen LogP contribution in [0.1, 0.15) is 24.6 Å². The number of pyridine rings is 1. The molecule has 2 amide bonds. The molecule has 1 aliphatic rings. The van der Waals surface area contributed by atoms with E-state index < -0.39 is 0 Å². The van der Waals surface area contributed by atoms with Gasteiger partial charge in [-0.3, -0.25) is 0 Å². The average Bonchev–Trinajstić information content (AvgIpc) is 3.34. The van der Waals surface area contributed by atoms with Crippen molar-refractivity contribution in [2.24, 2.45) is 7.05 Å². The van der Waals surface area contributed by atoms with E-state index in [9.17, 15) is 4.79 Å². The molecule has 1 fully saturated rings. The lowest BCUT2D eigenvalue weighted by Crippen LogP contribution is -2.42. The molecule has 1 aliphatic heterocycles. The first-order chi connectivity index (χ1) is 12.7. The first kappa shape index (κ1) is 16.2. The van der Waals surface area contributed by atoms with Crippen LogP contribution in [0.2, 0.25) is 0 Å². The largest absolute Gasteiger partial charge is 0.324 e. The van der Waals surface area contributed by atoms with E-state index in [1.54, 1.807) is 35.7 Å². The summed E-state index contributed by atoms with van der Waals surface area (Å²) < 4.78 is 3.47. The summed E-state index contributed by atoms with van der Waals surface area (Å²) in [5.41, 5.74) is 0.639. The fraction of sp³-hybridized carbons (Fsp3) is 0.375. The van der Waals surface area contributed by atoms with Crippen molar-refractivity contribution in [3.8, 4) is 5.82 Å². The second kappa shape index (κ2) is 6.90. The van der Waals surface area contributed by atoms with Gasteiger partial charge >= 0.3 is 6.03 Å². The zero-order valence-electron chi connectivity index (χ0n) is 14.4. The van der Waals surface area contributed by atoms with Crippen LogP contribution in [-0.4, -0.2) is 58.5 Å². The molecule has 10 nitrogen and oxygen atoms in total. The highest BCUT2D eigenvalue weighted by Crippen LogP contribution is 2.25. The van der Waals surface area contributed by atoms with Crippen LogP contribution in [0.25, 0.3) is 5.82 Å². The summed E-state index contributed by atoms with van der Waals surface area (Å²) in [6.07, 6.45) is 8.26. The number of carbonyl (C=O) groups excluding carboxylic acids is 1. The van der Waals surface area contributed by atoms with E-state index in [0.717, 1.165) is 25.2 Å². The van der Waals surface area contributed by atoms with Gasteiger partial charge in [-0.25, -0.2) is 19.4 Å². The molecule has 0 unspecified atom stereocenters. The third-order valence-corrected chi connectivity index (χ3v) is 4.47. The molecule has 3 aromatic rings. The van der Waals surface area contributed by atoms with Gasteiger partial charge in [0, 0.05) is 26.1 Å². The van der Waals surface area contributed by atoms with E-state index in [0.29, 0.717) is 18.1 Å². The van der Waals surface area contributed by atoms with Crippen molar-refractivity contribution < 1.29 is 4.79 Å². The van der Waals surface area contributed by atoms with Gasteiger partial charge in [-0.1, -0.05) is 0 Å². The smallest absolute Gasteiger partial charge is 0.321 e. The number of likely N-dealkylation sites (tertiary alicyclic amines) is 1. The summed E-state index contributed by atoms with van der Waals surface area (Å²) in [5, 5.41) is 15.0. The normalized spacial score (nSPS) is 17.3. The molecular weight excluding hydrogens is 334 g/mol. The number of nitrogens with zero attached hydrogens (tertiary/aromatic N) is 8. The summed E-state index contributed by atoms with van der Waals surface area (Å²) in [6, 6.07) is 3.45. The number of piperidine rings is 1. The van der Waals surface area contributed by atoms with Crippen molar-refractivity contribution in [2.75, 3.05) is 18.4 Å². The van der Waals surface area contributed by atoms with E-state index in [4.69, 9.17) is 0 Å². The molecule has 0 spiro atoms. The molecule has 10 heteroatoms. The van der Waals surface area contributed by atoms with E-state index >= 15 is 0 Å². The number of amides is 2. The monoisotopic (exact) mass is 353 g/mol. The third-order valence-electron chi connectivity index (χ3n) is 4.47. The van der Waals surface area contributed by atoms with Crippen molar-refractivity contribution in [1.82, 2.24) is 39.4 Å². The van der Waals surface area contributed by atoms with Crippen LogP contribution < -0.4 is 5.32 Å². The number of nitrogens with one attached hydrogen (secondary N) is 1. The maximum absolute atomic E-state index is 12.6. The Labute approximate surface area is 149 Å². The number of carbonyl (C=O) groups is 1. The Hall–Kier alpha value is -3.30. The van der Waals surface area contributed by atoms with E-state index in [1.165, 1.54) is 6.33 Å². The minimum Gasteiger partial charge on any atom is -0.324 e. The fourth-order valence-corrected chi connectivity index (χ4v) is 3.16. The molecule has 1 N–H and O–H groups in total. The van der Waals surface area contributed by atoms with Crippen molar-refractivity contribution in [3.63, 3.8) is 0 Å². The van der Waals surface area contributed by atoms with Gasteiger partial charge in [0.2, 0.25) is 0 Å². The Balaban J connectivity index is 1.40. The Kier molecular flexibility index (Phi) is 4.30. The van der Waals surface area contributed by atoms with Gasteiger partial charge in [0.15, 0.2) is 5.82 Å². The van der Waals surface area contributed by atoms with E-state index in [1.807, 2.05) is 16.5 Å². The van der Waals surface area contributed by atoms with Crippen LogP contribution >= 0.6 is 0 Å². The maximum atomic E-state index is 12.6. The summed E-state index contributed by atoms with van der Waals surface area (Å²) in [5.74, 6) is 1.76. The molecule has 1 saturated heterocycles. The first-order valence-electron chi connectivity index (χ1n) is 8.41. The number of aromatic nitrogens is 7. The standard InChI is InChI=1S/C16H19N9O/c1-23-11-19-22-15(23)12-3-2-6-24(8-12)16(26)21-13-4-5-14(18-7-13)25-10-17-9-20-25/h4-5,7,9-12H,2-3,6,8H2,1H3,(H,21,26)/t12-/m0/s1. The molecule has 0 aliphatic carbocycles. The Bertz CT molecular complexity index is 872. The molecule has 3 aromatic heterocycles. The van der Waals surface area contributed by atoms with Gasteiger partial charge in [0.25, 0.3) is 0 Å². The summed E-state index contributed by atoms with van der Waals surface area (Å²) >= 11 is 0. The molecule has 0 saturated carbocycles. The van der Waals surface area contributed by atoms with Crippen molar-refractivity contribution in [2.45, 2.75) is 18.8 Å². The van der Waals surface area contributed by atoms with Crippen LogP contribution in [0.3, 0.4) is 0 Å². The molecule has 4 heterocycles. The van der Waals surface area contributed by atoms with Crippen molar-refractivity contribution >= 4 is 11.7 Å². The van der Waals surface area contributed by atoms with Crippen molar-refractivity contribution in [3.05, 3.63) is 43.1 Å². The molecule has 26 heavy (non-hydrogen) atoms. The molecule has 0 aromatic carbocycles.